The number of hydrogen-bond acceptors (Lipinski definition) is 6. The van der Waals surface area contributed by atoms with E-state index in [-0.39, 0.29) is 11.2 Å². The van der Waals surface area contributed by atoms with Crippen LogP contribution in [0.2, 0.25) is 0 Å². The molecule has 7 heteroatoms. The second-order valence-corrected chi connectivity index (χ2v) is 7.73. The van der Waals surface area contributed by atoms with E-state index in [0.717, 1.165) is 5.69 Å². The molecule has 1 heterocycles. The molecular formula is C11H20N4O2S. The third-order valence-electron chi connectivity index (χ3n) is 2.67. The number of nitrogens with two attached hydrogens (primary N) is 1. The second-order valence-electron chi connectivity index (χ2n) is 5.36. The van der Waals surface area contributed by atoms with Crippen molar-refractivity contribution in [3.8, 4) is 0 Å². The van der Waals surface area contributed by atoms with Gasteiger partial charge >= 0.3 is 0 Å². The van der Waals surface area contributed by atoms with Crippen molar-refractivity contribution in [1.82, 2.24) is 9.97 Å². The van der Waals surface area contributed by atoms with Gasteiger partial charge in [0.2, 0.25) is 0 Å². The Balaban J connectivity index is 3.38. The maximum Gasteiger partial charge on any atom is 0.157 e. The fraction of sp³-hybridized carbons (Fsp3) is 0.636. The topological polar surface area (TPSA) is 98.0 Å². The molecule has 102 valence electrons. The lowest BCUT2D eigenvalue weighted by Gasteiger charge is -2.20. The van der Waals surface area contributed by atoms with Gasteiger partial charge in [-0.15, -0.1) is 0 Å². The van der Waals surface area contributed by atoms with Gasteiger partial charge in [-0.2, -0.15) is 0 Å². The lowest BCUT2D eigenvalue weighted by molar-refractivity contribution is 0.558. The summed E-state index contributed by atoms with van der Waals surface area (Å²) in [6.07, 6.45) is 1.17. The molecule has 0 aromatic carbocycles. The molecule has 0 saturated carbocycles. The number of nitrogens with zero attached hydrogens (tertiary/aromatic N) is 2. The third-order valence-corrected chi connectivity index (χ3v) is 4.16. The van der Waals surface area contributed by atoms with Crippen molar-refractivity contribution in [3.05, 3.63) is 17.6 Å². The van der Waals surface area contributed by atoms with Crippen molar-refractivity contribution in [1.29, 1.82) is 0 Å². The van der Waals surface area contributed by atoms with Crippen LogP contribution in [0.25, 0.3) is 0 Å². The highest BCUT2D eigenvalue weighted by Gasteiger charge is 2.24. The van der Waals surface area contributed by atoms with Crippen LogP contribution in [0.3, 0.4) is 0 Å². The molecule has 1 unspecified atom stereocenters. The van der Waals surface area contributed by atoms with Crippen molar-refractivity contribution in [2.75, 3.05) is 11.7 Å². The molecule has 0 amide bonds. The Bertz CT molecular complexity index is 534. The fourth-order valence-corrected chi connectivity index (χ4v) is 1.79. The van der Waals surface area contributed by atoms with Crippen LogP contribution in [0.15, 0.2) is 6.07 Å². The van der Waals surface area contributed by atoms with Gasteiger partial charge in [0, 0.05) is 17.7 Å². The molecule has 0 fully saturated rings. The average molecular weight is 272 g/mol. The number of rotatable bonds is 3. The van der Waals surface area contributed by atoms with E-state index in [4.69, 9.17) is 5.84 Å². The summed E-state index contributed by atoms with van der Waals surface area (Å²) in [5, 5.41) is -0.758. The van der Waals surface area contributed by atoms with E-state index in [0.29, 0.717) is 5.82 Å². The minimum absolute atomic E-state index is 0.208. The van der Waals surface area contributed by atoms with E-state index in [1.54, 1.807) is 13.0 Å². The van der Waals surface area contributed by atoms with Crippen LogP contribution in [0.5, 0.6) is 0 Å². The van der Waals surface area contributed by atoms with Crippen LogP contribution < -0.4 is 11.3 Å². The SMILES string of the molecule is CC(c1nc(NN)cc(C(C)(C)C)n1)S(C)(=O)=O. The molecule has 1 aromatic heterocycles. The normalized spacial score (nSPS) is 14.3. The van der Waals surface area contributed by atoms with E-state index < -0.39 is 15.1 Å². The van der Waals surface area contributed by atoms with Gasteiger partial charge in [0.05, 0.1) is 5.69 Å². The van der Waals surface area contributed by atoms with Crippen LogP contribution in [-0.4, -0.2) is 24.6 Å². The molecule has 0 aliphatic carbocycles. The van der Waals surface area contributed by atoms with Crippen LogP contribution in [0.1, 0.15) is 44.5 Å². The Morgan fingerprint density at radius 1 is 1.33 bits per heavy atom. The molecule has 1 atom stereocenters. The minimum atomic E-state index is -3.24. The number of nitrogens with one attached hydrogen (secondary N) is 1. The summed E-state index contributed by atoms with van der Waals surface area (Å²) >= 11 is 0. The predicted molar refractivity (Wildman–Crippen MR) is 71.8 cm³/mol. The van der Waals surface area contributed by atoms with E-state index >= 15 is 0 Å². The summed E-state index contributed by atoms with van der Waals surface area (Å²) in [6.45, 7) is 7.54. The molecule has 0 radical (unpaired) electrons. The first-order chi connectivity index (χ1) is 8.05. The Morgan fingerprint density at radius 2 is 1.89 bits per heavy atom. The third kappa shape index (κ3) is 3.39. The quantitative estimate of drug-likeness (QED) is 0.633. The maximum absolute atomic E-state index is 11.6. The standard InChI is InChI=1S/C11H20N4O2S/c1-7(18(5,16)17)10-13-8(11(2,3)4)6-9(14-10)15-12/h6-7H,12H2,1-5H3,(H,13,14,15). The highest BCUT2D eigenvalue weighted by atomic mass is 32.2. The second kappa shape index (κ2) is 4.81. The van der Waals surface area contributed by atoms with Crippen molar-refractivity contribution in [3.63, 3.8) is 0 Å². The van der Waals surface area contributed by atoms with Crippen LogP contribution in [0.4, 0.5) is 5.82 Å². The van der Waals surface area contributed by atoms with Gasteiger partial charge in [0.1, 0.15) is 16.9 Å². The molecule has 0 saturated heterocycles. The number of hydrazine groups is 1. The van der Waals surface area contributed by atoms with Crippen LogP contribution in [-0.2, 0) is 15.3 Å². The Kier molecular flexibility index (Phi) is 3.97. The number of aromatic nitrogens is 2. The Morgan fingerprint density at radius 3 is 2.28 bits per heavy atom. The summed E-state index contributed by atoms with van der Waals surface area (Å²) in [6, 6.07) is 1.72. The molecular weight excluding hydrogens is 252 g/mol. The van der Waals surface area contributed by atoms with Crippen molar-refractivity contribution < 1.29 is 8.42 Å². The highest BCUT2D eigenvalue weighted by Crippen LogP contribution is 2.25. The number of anilines is 1. The van der Waals surface area contributed by atoms with Crippen molar-refractivity contribution in [2.45, 2.75) is 38.4 Å². The van der Waals surface area contributed by atoms with Gasteiger partial charge in [0.25, 0.3) is 0 Å². The van der Waals surface area contributed by atoms with E-state index in [9.17, 15) is 8.42 Å². The molecule has 1 rings (SSSR count). The number of sulfone groups is 1. The average Bonchev–Trinajstić information content (AvgIpc) is 2.25. The first-order valence-electron chi connectivity index (χ1n) is 5.60. The summed E-state index contributed by atoms with van der Waals surface area (Å²) < 4.78 is 23.1. The van der Waals surface area contributed by atoms with Gasteiger partial charge < -0.3 is 5.43 Å². The summed E-state index contributed by atoms with van der Waals surface area (Å²) in [5.41, 5.74) is 2.98. The van der Waals surface area contributed by atoms with Gasteiger partial charge in [-0.05, 0) is 6.92 Å². The van der Waals surface area contributed by atoms with Crippen molar-refractivity contribution >= 4 is 15.7 Å². The Labute approximate surface area is 108 Å². The largest absolute Gasteiger partial charge is 0.308 e. The van der Waals surface area contributed by atoms with E-state index in [1.807, 2.05) is 20.8 Å². The lowest BCUT2D eigenvalue weighted by atomic mass is 9.92. The molecule has 0 aliphatic rings. The van der Waals surface area contributed by atoms with Gasteiger partial charge in [0.15, 0.2) is 9.84 Å². The van der Waals surface area contributed by atoms with Gasteiger partial charge in [-0.1, -0.05) is 20.8 Å². The maximum atomic E-state index is 11.6. The molecule has 1 aromatic rings. The van der Waals surface area contributed by atoms with Crippen LogP contribution in [0, 0.1) is 0 Å². The molecule has 6 nitrogen and oxygen atoms in total. The minimum Gasteiger partial charge on any atom is -0.308 e. The zero-order valence-electron chi connectivity index (χ0n) is 11.4. The summed E-state index contributed by atoms with van der Waals surface area (Å²) in [7, 11) is -3.24. The smallest absolute Gasteiger partial charge is 0.157 e. The van der Waals surface area contributed by atoms with Crippen LogP contribution >= 0.6 is 0 Å². The zero-order chi connectivity index (χ0) is 14.1. The number of hydrogen-bond donors (Lipinski definition) is 2. The Hall–Kier alpha value is -1.21. The van der Waals surface area contributed by atoms with Gasteiger partial charge in [-0.25, -0.2) is 24.2 Å². The highest BCUT2D eigenvalue weighted by molar-refractivity contribution is 7.90. The molecule has 0 aliphatic heterocycles. The number of nitrogen functional groups attached to an aromatic ring is 1. The van der Waals surface area contributed by atoms with E-state index in [2.05, 4.69) is 15.4 Å². The molecule has 18 heavy (non-hydrogen) atoms. The summed E-state index contributed by atoms with van der Waals surface area (Å²) in [4.78, 5) is 8.44. The predicted octanol–water partition coefficient (Wildman–Crippen LogP) is 1.17. The fourth-order valence-electron chi connectivity index (χ4n) is 1.30. The van der Waals surface area contributed by atoms with Gasteiger partial charge in [-0.3, -0.25) is 0 Å². The molecule has 3 N–H and O–H groups in total. The monoisotopic (exact) mass is 272 g/mol. The lowest BCUT2D eigenvalue weighted by Crippen LogP contribution is -2.21. The van der Waals surface area contributed by atoms with E-state index in [1.165, 1.54) is 6.26 Å². The first-order valence-corrected chi connectivity index (χ1v) is 7.56. The molecule has 0 spiro atoms. The first kappa shape index (κ1) is 14.8. The molecule has 0 bridgehead atoms. The zero-order valence-corrected chi connectivity index (χ0v) is 12.2. The summed E-state index contributed by atoms with van der Waals surface area (Å²) in [5.74, 6) is 6.03. The van der Waals surface area contributed by atoms with Crippen molar-refractivity contribution in [2.24, 2.45) is 5.84 Å².